The fraction of sp³-hybridized carbons (Fsp3) is 0.400. The molecular formula is C10H12N4O4. The van der Waals surface area contributed by atoms with Crippen LogP contribution in [0.15, 0.2) is 15.9 Å². The van der Waals surface area contributed by atoms with Crippen molar-refractivity contribution in [2.75, 3.05) is 6.61 Å². The second kappa shape index (κ2) is 4.47. The number of H-pyrrole nitrogens is 1. The molecule has 18 heavy (non-hydrogen) atoms. The molecule has 2 aromatic heterocycles. The van der Waals surface area contributed by atoms with Crippen molar-refractivity contribution in [3.63, 3.8) is 0 Å². The maximum absolute atomic E-state index is 11.9. The molecule has 0 radical (unpaired) electrons. The molecule has 0 aliphatic carbocycles. The van der Waals surface area contributed by atoms with Gasteiger partial charge in [0, 0.05) is 7.05 Å². The lowest BCUT2D eigenvalue weighted by atomic mass is 10.5. The van der Waals surface area contributed by atoms with Gasteiger partial charge < -0.3 is 9.30 Å². The maximum Gasteiger partial charge on any atom is 0.329 e. The minimum absolute atomic E-state index is 0.119. The van der Waals surface area contributed by atoms with Crippen molar-refractivity contribution in [2.24, 2.45) is 7.05 Å². The van der Waals surface area contributed by atoms with Crippen LogP contribution in [0.4, 0.5) is 0 Å². The molecule has 2 rings (SSSR count). The summed E-state index contributed by atoms with van der Waals surface area (Å²) in [5.41, 5.74) is -0.720. The summed E-state index contributed by atoms with van der Waals surface area (Å²) in [6.07, 6.45) is 1.32. The largest absolute Gasteiger partial charge is 0.465 e. The predicted octanol–water partition coefficient (Wildman–Crippen LogP) is -1.01. The van der Waals surface area contributed by atoms with E-state index in [1.165, 1.54) is 17.9 Å². The molecule has 0 unspecified atom stereocenters. The molecule has 0 aliphatic heterocycles. The third-order valence-corrected chi connectivity index (χ3v) is 2.48. The number of nitrogens with one attached hydrogen (secondary N) is 1. The van der Waals surface area contributed by atoms with Crippen molar-refractivity contribution in [2.45, 2.75) is 13.5 Å². The Kier molecular flexibility index (Phi) is 3.00. The summed E-state index contributed by atoms with van der Waals surface area (Å²) in [7, 11) is 1.35. The Morgan fingerprint density at radius 3 is 2.89 bits per heavy atom. The number of carbonyl (C=O) groups excluding carboxylic acids is 1. The number of carbonyl (C=O) groups is 1. The zero-order valence-electron chi connectivity index (χ0n) is 9.97. The normalized spacial score (nSPS) is 10.8. The Morgan fingerprint density at radius 1 is 1.50 bits per heavy atom. The second-order valence-electron chi connectivity index (χ2n) is 3.67. The number of aromatic nitrogens is 4. The number of imidazole rings is 1. The average Bonchev–Trinajstić information content (AvgIpc) is 2.69. The maximum atomic E-state index is 11.9. The third-order valence-electron chi connectivity index (χ3n) is 2.48. The Balaban J connectivity index is 2.54. The minimum Gasteiger partial charge on any atom is -0.465 e. The molecule has 0 bridgehead atoms. The van der Waals surface area contributed by atoms with Crippen molar-refractivity contribution in [1.82, 2.24) is 19.1 Å². The van der Waals surface area contributed by atoms with Crippen LogP contribution in [0.2, 0.25) is 0 Å². The molecule has 2 heterocycles. The number of hydrogen-bond acceptors (Lipinski definition) is 5. The van der Waals surface area contributed by atoms with E-state index in [1.54, 1.807) is 6.92 Å². The Hall–Kier alpha value is -2.38. The van der Waals surface area contributed by atoms with Crippen LogP contribution in [0.25, 0.3) is 11.2 Å². The minimum atomic E-state index is -0.547. The molecule has 0 saturated heterocycles. The summed E-state index contributed by atoms with van der Waals surface area (Å²) in [5.74, 6) is -0.468. The average molecular weight is 252 g/mol. The van der Waals surface area contributed by atoms with Crippen molar-refractivity contribution in [3.8, 4) is 0 Å². The summed E-state index contributed by atoms with van der Waals surface area (Å²) in [5, 5.41) is 0. The topological polar surface area (TPSA) is 99.0 Å². The van der Waals surface area contributed by atoms with Crippen molar-refractivity contribution < 1.29 is 9.53 Å². The number of fused-ring (bicyclic) bond motifs is 1. The fourth-order valence-electron chi connectivity index (χ4n) is 1.60. The summed E-state index contributed by atoms with van der Waals surface area (Å²) < 4.78 is 7.06. The number of nitrogens with zero attached hydrogens (tertiary/aromatic N) is 3. The lowest BCUT2D eigenvalue weighted by Crippen LogP contribution is -2.33. The highest BCUT2D eigenvalue weighted by atomic mass is 16.5. The molecule has 0 fully saturated rings. The molecule has 0 aliphatic rings. The smallest absolute Gasteiger partial charge is 0.329 e. The van der Waals surface area contributed by atoms with Gasteiger partial charge in [-0.3, -0.25) is 19.1 Å². The van der Waals surface area contributed by atoms with Gasteiger partial charge in [0.2, 0.25) is 0 Å². The molecule has 0 saturated carbocycles. The summed E-state index contributed by atoms with van der Waals surface area (Å²) in [4.78, 5) is 40.9. The number of hydrogen-bond donors (Lipinski definition) is 1. The summed E-state index contributed by atoms with van der Waals surface area (Å²) in [6.45, 7) is 1.84. The van der Waals surface area contributed by atoms with E-state index >= 15 is 0 Å². The van der Waals surface area contributed by atoms with E-state index in [-0.39, 0.29) is 24.3 Å². The number of esters is 1. The zero-order chi connectivity index (χ0) is 13.3. The van der Waals surface area contributed by atoms with Crippen molar-refractivity contribution in [1.29, 1.82) is 0 Å². The first kappa shape index (κ1) is 12.1. The van der Waals surface area contributed by atoms with Crippen LogP contribution in [-0.4, -0.2) is 31.7 Å². The third kappa shape index (κ3) is 1.92. The molecule has 0 atom stereocenters. The molecule has 0 aromatic carbocycles. The van der Waals surface area contributed by atoms with Crippen LogP contribution in [0, 0.1) is 0 Å². The first-order valence-corrected chi connectivity index (χ1v) is 5.34. The monoisotopic (exact) mass is 252 g/mol. The van der Waals surface area contributed by atoms with Crippen LogP contribution in [0.1, 0.15) is 6.92 Å². The number of ether oxygens (including phenoxy) is 1. The highest BCUT2D eigenvalue weighted by molar-refractivity contribution is 5.74. The second-order valence-corrected chi connectivity index (χ2v) is 3.67. The van der Waals surface area contributed by atoms with Crippen LogP contribution in [-0.2, 0) is 23.1 Å². The molecule has 8 nitrogen and oxygen atoms in total. The van der Waals surface area contributed by atoms with Gasteiger partial charge in [0.05, 0.1) is 12.9 Å². The molecule has 2 aromatic rings. The van der Waals surface area contributed by atoms with Gasteiger partial charge in [-0.2, -0.15) is 0 Å². The van der Waals surface area contributed by atoms with Gasteiger partial charge in [-0.1, -0.05) is 0 Å². The Labute approximate surface area is 101 Å². The molecular weight excluding hydrogens is 240 g/mol. The molecule has 0 amide bonds. The predicted molar refractivity (Wildman–Crippen MR) is 62.2 cm³/mol. The first-order valence-electron chi connectivity index (χ1n) is 5.34. The van der Waals surface area contributed by atoms with E-state index < -0.39 is 17.2 Å². The lowest BCUT2D eigenvalue weighted by Gasteiger charge is -2.03. The summed E-state index contributed by atoms with van der Waals surface area (Å²) in [6, 6.07) is 0. The molecule has 96 valence electrons. The summed E-state index contributed by atoms with van der Waals surface area (Å²) >= 11 is 0. The Bertz CT molecular complexity index is 709. The van der Waals surface area contributed by atoms with Crippen LogP contribution < -0.4 is 11.2 Å². The van der Waals surface area contributed by atoms with Gasteiger partial charge in [0.15, 0.2) is 11.2 Å². The SMILES string of the molecule is CCOC(=O)Cn1cnc2[nH]c(=O)n(C)c(=O)c21. The lowest BCUT2D eigenvalue weighted by molar-refractivity contribution is -0.143. The molecule has 0 spiro atoms. The van der Waals surface area contributed by atoms with Gasteiger partial charge >= 0.3 is 11.7 Å². The highest BCUT2D eigenvalue weighted by Crippen LogP contribution is 2.03. The van der Waals surface area contributed by atoms with E-state index in [0.29, 0.717) is 0 Å². The van der Waals surface area contributed by atoms with E-state index in [0.717, 1.165) is 4.57 Å². The number of aromatic amines is 1. The van der Waals surface area contributed by atoms with Gasteiger partial charge in [0.25, 0.3) is 5.56 Å². The van der Waals surface area contributed by atoms with Crippen molar-refractivity contribution >= 4 is 17.1 Å². The van der Waals surface area contributed by atoms with E-state index in [9.17, 15) is 14.4 Å². The van der Waals surface area contributed by atoms with Gasteiger partial charge in [-0.05, 0) is 6.92 Å². The van der Waals surface area contributed by atoms with Crippen LogP contribution in [0.5, 0.6) is 0 Å². The zero-order valence-corrected chi connectivity index (χ0v) is 9.97. The Morgan fingerprint density at radius 2 is 2.22 bits per heavy atom. The quantitative estimate of drug-likeness (QED) is 0.705. The van der Waals surface area contributed by atoms with Gasteiger partial charge in [-0.15, -0.1) is 0 Å². The standard InChI is InChI=1S/C10H12N4O4/c1-3-18-6(15)4-14-5-11-8-7(14)9(16)13(2)10(17)12-8/h5H,3-4H2,1-2H3,(H,12,17). The first-order chi connectivity index (χ1) is 8.54. The fourth-order valence-corrected chi connectivity index (χ4v) is 1.60. The van der Waals surface area contributed by atoms with E-state index in [4.69, 9.17) is 4.74 Å². The van der Waals surface area contributed by atoms with Gasteiger partial charge in [0.1, 0.15) is 6.54 Å². The van der Waals surface area contributed by atoms with Crippen LogP contribution in [0.3, 0.4) is 0 Å². The van der Waals surface area contributed by atoms with Gasteiger partial charge in [-0.25, -0.2) is 9.78 Å². The van der Waals surface area contributed by atoms with Crippen molar-refractivity contribution in [3.05, 3.63) is 27.2 Å². The molecule has 1 N–H and O–H groups in total. The molecule has 8 heteroatoms. The van der Waals surface area contributed by atoms with E-state index in [2.05, 4.69) is 9.97 Å². The van der Waals surface area contributed by atoms with Crippen LogP contribution >= 0.6 is 0 Å². The highest BCUT2D eigenvalue weighted by Gasteiger charge is 2.13. The van der Waals surface area contributed by atoms with E-state index in [1.807, 2.05) is 0 Å². The number of rotatable bonds is 3.